The van der Waals surface area contributed by atoms with Crippen LogP contribution in [0.5, 0.6) is 0 Å². The molecular weight excluding hydrogens is 238 g/mol. The Kier molecular flexibility index (Phi) is 5.87. The SMILES string of the molecule is CCCC(C)NC(=O)CNc1cccc(C)c1C#N. The maximum Gasteiger partial charge on any atom is 0.239 e. The Balaban J connectivity index is 2.56. The van der Waals surface area contributed by atoms with Gasteiger partial charge in [0.05, 0.1) is 17.8 Å². The fourth-order valence-corrected chi connectivity index (χ4v) is 1.97. The van der Waals surface area contributed by atoms with Crippen LogP contribution >= 0.6 is 0 Å². The number of aryl methyl sites for hydroxylation is 1. The zero-order valence-corrected chi connectivity index (χ0v) is 11.8. The quantitative estimate of drug-likeness (QED) is 0.825. The predicted octanol–water partition coefficient (Wildman–Crippen LogP) is 2.58. The molecule has 0 saturated carbocycles. The minimum absolute atomic E-state index is 0.0497. The van der Waals surface area contributed by atoms with Crippen molar-refractivity contribution >= 4 is 11.6 Å². The molecule has 19 heavy (non-hydrogen) atoms. The maximum atomic E-state index is 11.7. The number of nitrogens with one attached hydrogen (secondary N) is 2. The summed E-state index contributed by atoms with van der Waals surface area (Å²) in [7, 11) is 0. The minimum atomic E-state index is -0.0497. The van der Waals surface area contributed by atoms with Crippen LogP contribution < -0.4 is 10.6 Å². The molecule has 0 aliphatic heterocycles. The number of nitrogens with zero attached hydrogens (tertiary/aromatic N) is 1. The van der Waals surface area contributed by atoms with Gasteiger partial charge in [0.2, 0.25) is 5.91 Å². The number of nitriles is 1. The monoisotopic (exact) mass is 259 g/mol. The van der Waals surface area contributed by atoms with E-state index in [-0.39, 0.29) is 18.5 Å². The van der Waals surface area contributed by atoms with Crippen molar-refractivity contribution in [2.24, 2.45) is 0 Å². The summed E-state index contributed by atoms with van der Waals surface area (Å²) in [5.74, 6) is -0.0497. The molecule has 1 atom stereocenters. The lowest BCUT2D eigenvalue weighted by molar-refractivity contribution is -0.120. The second kappa shape index (κ2) is 7.42. The van der Waals surface area contributed by atoms with E-state index in [9.17, 15) is 4.79 Å². The van der Waals surface area contributed by atoms with E-state index >= 15 is 0 Å². The van der Waals surface area contributed by atoms with E-state index in [1.807, 2.05) is 32.0 Å². The molecule has 4 nitrogen and oxygen atoms in total. The van der Waals surface area contributed by atoms with E-state index in [0.717, 1.165) is 18.4 Å². The highest BCUT2D eigenvalue weighted by Gasteiger charge is 2.08. The van der Waals surface area contributed by atoms with Crippen molar-refractivity contribution in [3.63, 3.8) is 0 Å². The number of carbonyl (C=O) groups is 1. The van der Waals surface area contributed by atoms with Gasteiger partial charge in [0.15, 0.2) is 0 Å². The number of carbonyl (C=O) groups excluding carboxylic acids is 1. The van der Waals surface area contributed by atoms with Gasteiger partial charge in [-0.05, 0) is 31.9 Å². The highest BCUT2D eigenvalue weighted by molar-refractivity contribution is 5.81. The Bertz CT molecular complexity index is 477. The average molecular weight is 259 g/mol. The molecule has 2 N–H and O–H groups in total. The summed E-state index contributed by atoms with van der Waals surface area (Å²) in [5.41, 5.74) is 2.21. The Morgan fingerprint density at radius 1 is 1.47 bits per heavy atom. The van der Waals surface area contributed by atoms with E-state index in [1.54, 1.807) is 0 Å². The van der Waals surface area contributed by atoms with Crippen molar-refractivity contribution < 1.29 is 4.79 Å². The van der Waals surface area contributed by atoms with Crippen LogP contribution in [0.4, 0.5) is 5.69 Å². The molecule has 102 valence electrons. The summed E-state index contributed by atoms with van der Waals surface area (Å²) in [6.45, 7) is 6.15. The standard InChI is InChI=1S/C15H21N3O/c1-4-6-12(3)18-15(19)10-17-14-8-5-7-11(2)13(14)9-16/h5,7-8,12,17H,4,6,10H2,1-3H3,(H,18,19). The summed E-state index contributed by atoms with van der Waals surface area (Å²) < 4.78 is 0. The number of anilines is 1. The lowest BCUT2D eigenvalue weighted by Crippen LogP contribution is -2.36. The second-order valence-electron chi connectivity index (χ2n) is 4.72. The van der Waals surface area contributed by atoms with Crippen LogP contribution in [0, 0.1) is 18.3 Å². The van der Waals surface area contributed by atoms with Crippen molar-refractivity contribution in [3.05, 3.63) is 29.3 Å². The highest BCUT2D eigenvalue weighted by atomic mass is 16.1. The Hall–Kier alpha value is -2.02. The van der Waals surface area contributed by atoms with Crippen molar-refractivity contribution in [2.75, 3.05) is 11.9 Å². The first-order valence-electron chi connectivity index (χ1n) is 6.61. The van der Waals surface area contributed by atoms with E-state index in [1.165, 1.54) is 0 Å². The molecule has 0 spiro atoms. The van der Waals surface area contributed by atoms with E-state index in [4.69, 9.17) is 5.26 Å². The van der Waals surface area contributed by atoms with Crippen LogP contribution in [0.1, 0.15) is 37.8 Å². The van der Waals surface area contributed by atoms with Crippen LogP contribution in [0.15, 0.2) is 18.2 Å². The molecule has 0 bridgehead atoms. The van der Waals surface area contributed by atoms with Crippen molar-refractivity contribution in [1.29, 1.82) is 5.26 Å². The van der Waals surface area contributed by atoms with Gasteiger partial charge in [0.25, 0.3) is 0 Å². The zero-order valence-electron chi connectivity index (χ0n) is 11.8. The molecule has 0 aliphatic carbocycles. The van der Waals surface area contributed by atoms with Gasteiger partial charge in [-0.25, -0.2) is 0 Å². The summed E-state index contributed by atoms with van der Waals surface area (Å²) in [5, 5.41) is 15.0. The Morgan fingerprint density at radius 3 is 2.84 bits per heavy atom. The molecule has 4 heteroatoms. The lowest BCUT2D eigenvalue weighted by Gasteiger charge is -2.14. The van der Waals surface area contributed by atoms with Gasteiger partial charge in [-0.3, -0.25) is 4.79 Å². The van der Waals surface area contributed by atoms with Gasteiger partial charge in [-0.15, -0.1) is 0 Å². The van der Waals surface area contributed by atoms with Gasteiger partial charge >= 0.3 is 0 Å². The number of rotatable bonds is 6. The van der Waals surface area contributed by atoms with Crippen LogP contribution in [-0.2, 0) is 4.79 Å². The van der Waals surface area contributed by atoms with Crippen molar-refractivity contribution in [1.82, 2.24) is 5.32 Å². The summed E-state index contributed by atoms with van der Waals surface area (Å²) >= 11 is 0. The second-order valence-corrected chi connectivity index (χ2v) is 4.72. The lowest BCUT2D eigenvalue weighted by atomic mass is 10.1. The third kappa shape index (κ3) is 4.63. The molecule has 0 saturated heterocycles. The number of amides is 1. The molecule has 0 fully saturated rings. The van der Waals surface area contributed by atoms with Crippen LogP contribution in [0.2, 0.25) is 0 Å². The first-order chi connectivity index (χ1) is 9.08. The molecule has 1 amide bonds. The minimum Gasteiger partial charge on any atom is -0.375 e. The van der Waals surface area contributed by atoms with Crippen molar-refractivity contribution in [2.45, 2.75) is 39.7 Å². The molecule has 1 aromatic carbocycles. The molecule has 1 aromatic rings. The predicted molar refractivity (Wildman–Crippen MR) is 76.9 cm³/mol. The molecule has 0 aliphatic rings. The van der Waals surface area contributed by atoms with Crippen molar-refractivity contribution in [3.8, 4) is 6.07 Å². The fraction of sp³-hybridized carbons (Fsp3) is 0.467. The number of hydrogen-bond acceptors (Lipinski definition) is 3. The number of hydrogen-bond donors (Lipinski definition) is 2. The van der Waals surface area contributed by atoms with Gasteiger partial charge in [-0.2, -0.15) is 5.26 Å². The largest absolute Gasteiger partial charge is 0.375 e. The van der Waals surface area contributed by atoms with Crippen LogP contribution in [0.25, 0.3) is 0 Å². The zero-order chi connectivity index (χ0) is 14.3. The first kappa shape index (κ1) is 15.0. The summed E-state index contributed by atoms with van der Waals surface area (Å²) in [6, 6.07) is 7.91. The first-order valence-corrected chi connectivity index (χ1v) is 6.61. The molecule has 0 heterocycles. The smallest absolute Gasteiger partial charge is 0.239 e. The van der Waals surface area contributed by atoms with Crippen LogP contribution in [0.3, 0.4) is 0 Å². The van der Waals surface area contributed by atoms with E-state index < -0.39 is 0 Å². The van der Waals surface area contributed by atoms with Gasteiger partial charge < -0.3 is 10.6 Å². The van der Waals surface area contributed by atoms with Gasteiger partial charge in [-0.1, -0.05) is 25.5 Å². The molecular formula is C15H21N3O. The molecule has 1 unspecified atom stereocenters. The highest BCUT2D eigenvalue weighted by Crippen LogP contribution is 2.17. The summed E-state index contributed by atoms with van der Waals surface area (Å²) in [6.07, 6.45) is 2.02. The Morgan fingerprint density at radius 2 is 2.21 bits per heavy atom. The van der Waals surface area contributed by atoms with Gasteiger partial charge in [0, 0.05) is 6.04 Å². The fourth-order valence-electron chi connectivity index (χ4n) is 1.97. The molecule has 1 rings (SSSR count). The number of benzene rings is 1. The summed E-state index contributed by atoms with van der Waals surface area (Å²) in [4.78, 5) is 11.7. The normalized spacial score (nSPS) is 11.5. The maximum absolute atomic E-state index is 11.7. The van der Waals surface area contributed by atoms with E-state index in [0.29, 0.717) is 11.3 Å². The molecule has 0 aromatic heterocycles. The van der Waals surface area contributed by atoms with E-state index in [2.05, 4.69) is 23.6 Å². The Labute approximate surface area is 114 Å². The third-order valence-corrected chi connectivity index (χ3v) is 2.95. The third-order valence-electron chi connectivity index (χ3n) is 2.95. The van der Waals surface area contributed by atoms with Gasteiger partial charge in [0.1, 0.15) is 6.07 Å². The average Bonchev–Trinajstić information content (AvgIpc) is 2.36. The van der Waals surface area contributed by atoms with Crippen LogP contribution in [-0.4, -0.2) is 18.5 Å². The molecule has 0 radical (unpaired) electrons. The topological polar surface area (TPSA) is 64.9 Å².